The predicted octanol–water partition coefficient (Wildman–Crippen LogP) is 3.15. The first-order chi connectivity index (χ1) is 15.0. The zero-order valence-electron chi connectivity index (χ0n) is 17.1. The highest BCUT2D eigenvalue weighted by Crippen LogP contribution is 2.25. The summed E-state index contributed by atoms with van der Waals surface area (Å²) in [7, 11) is 0. The Kier molecular flexibility index (Phi) is 4.54. The van der Waals surface area contributed by atoms with Crippen LogP contribution in [0.15, 0.2) is 74.8 Å². The SMILES string of the molecule is Cc1cccc2cc([C@H](C)NC3=C4C=NCN4NC=N3)n(-c3cccc(F)c3)c(=O)c12. The van der Waals surface area contributed by atoms with Gasteiger partial charge in [0, 0.05) is 5.69 Å². The number of aromatic nitrogens is 1. The van der Waals surface area contributed by atoms with Gasteiger partial charge in [0.05, 0.1) is 23.3 Å². The summed E-state index contributed by atoms with van der Waals surface area (Å²) in [6, 6.07) is 13.5. The van der Waals surface area contributed by atoms with Gasteiger partial charge in [-0.1, -0.05) is 24.3 Å². The van der Waals surface area contributed by atoms with E-state index in [1.165, 1.54) is 12.1 Å². The minimum absolute atomic E-state index is 0.180. The van der Waals surface area contributed by atoms with Gasteiger partial charge in [0.2, 0.25) is 0 Å². The molecule has 31 heavy (non-hydrogen) atoms. The van der Waals surface area contributed by atoms with Gasteiger partial charge in [-0.05, 0) is 49.1 Å². The van der Waals surface area contributed by atoms with E-state index in [9.17, 15) is 9.18 Å². The molecule has 3 heterocycles. The van der Waals surface area contributed by atoms with E-state index in [1.54, 1.807) is 29.3 Å². The van der Waals surface area contributed by atoms with Crippen molar-refractivity contribution in [1.82, 2.24) is 20.3 Å². The summed E-state index contributed by atoms with van der Waals surface area (Å²) in [6.45, 7) is 4.36. The highest BCUT2D eigenvalue weighted by atomic mass is 19.1. The van der Waals surface area contributed by atoms with Crippen LogP contribution in [0.25, 0.3) is 16.5 Å². The minimum Gasteiger partial charge on any atom is -0.360 e. The Hall–Kier alpha value is -3.94. The molecule has 7 nitrogen and oxygen atoms in total. The van der Waals surface area contributed by atoms with Gasteiger partial charge >= 0.3 is 0 Å². The summed E-state index contributed by atoms with van der Waals surface area (Å²) in [5, 5.41) is 6.73. The van der Waals surface area contributed by atoms with Gasteiger partial charge in [-0.3, -0.25) is 24.8 Å². The van der Waals surface area contributed by atoms with Gasteiger partial charge in [-0.15, -0.1) is 0 Å². The molecule has 0 saturated carbocycles. The molecular weight excluding hydrogens is 395 g/mol. The van der Waals surface area contributed by atoms with Gasteiger partial charge in [-0.2, -0.15) is 0 Å². The van der Waals surface area contributed by atoms with Crippen molar-refractivity contribution in [3.05, 3.63) is 87.5 Å². The fourth-order valence-electron chi connectivity index (χ4n) is 4.03. The lowest BCUT2D eigenvalue weighted by atomic mass is 10.0. The Morgan fingerprint density at radius 2 is 2.03 bits per heavy atom. The van der Waals surface area contributed by atoms with Crippen molar-refractivity contribution in [1.29, 1.82) is 0 Å². The number of benzene rings is 2. The van der Waals surface area contributed by atoms with Crippen LogP contribution in [-0.2, 0) is 0 Å². The van der Waals surface area contributed by atoms with Gasteiger partial charge in [0.15, 0.2) is 5.82 Å². The molecule has 8 heteroatoms. The molecule has 156 valence electrons. The molecule has 0 spiro atoms. The summed E-state index contributed by atoms with van der Waals surface area (Å²) < 4.78 is 15.6. The van der Waals surface area contributed by atoms with Gasteiger partial charge < -0.3 is 5.32 Å². The normalized spacial score (nSPS) is 15.9. The summed E-state index contributed by atoms with van der Waals surface area (Å²) in [5.74, 6) is 0.251. The number of nitrogens with one attached hydrogen (secondary N) is 2. The molecule has 0 radical (unpaired) electrons. The molecule has 0 unspecified atom stereocenters. The second-order valence-corrected chi connectivity index (χ2v) is 7.60. The number of hydrazine groups is 1. The van der Waals surface area contributed by atoms with Crippen LogP contribution in [-0.4, -0.2) is 28.8 Å². The lowest BCUT2D eigenvalue weighted by molar-refractivity contribution is 0.336. The zero-order valence-corrected chi connectivity index (χ0v) is 17.1. The molecule has 3 aromatic rings. The van der Waals surface area contributed by atoms with Gasteiger partial charge in [0.1, 0.15) is 24.5 Å². The number of hydrogen-bond donors (Lipinski definition) is 2. The van der Waals surface area contributed by atoms with Crippen molar-refractivity contribution < 1.29 is 4.39 Å². The predicted molar refractivity (Wildman–Crippen MR) is 120 cm³/mol. The third kappa shape index (κ3) is 3.26. The van der Waals surface area contributed by atoms with Crippen molar-refractivity contribution in [3.8, 4) is 5.69 Å². The van der Waals surface area contributed by atoms with E-state index < -0.39 is 5.82 Å². The van der Waals surface area contributed by atoms with Crippen LogP contribution in [0.4, 0.5) is 4.39 Å². The van der Waals surface area contributed by atoms with E-state index in [-0.39, 0.29) is 11.6 Å². The summed E-state index contributed by atoms with van der Waals surface area (Å²) in [6.07, 6.45) is 3.35. The standard InChI is InChI=1S/C23H21FN6O/c1-14-5-3-6-16-9-19(15(2)28-22-20-11-25-13-29(20)27-12-26-22)30(23(31)21(14)16)18-8-4-7-17(24)10-18/h3-12,15,28H,13H2,1-2H3,(H,26,27)/t15-/m0/s1. The van der Waals surface area contributed by atoms with Crippen LogP contribution < -0.4 is 16.3 Å². The smallest absolute Gasteiger partial charge is 0.263 e. The Bertz CT molecular complexity index is 1340. The van der Waals surface area contributed by atoms with Crippen molar-refractivity contribution in [2.24, 2.45) is 9.98 Å². The molecular formula is C23H21FN6O. The molecule has 5 rings (SSSR count). The van der Waals surface area contributed by atoms with Crippen LogP contribution in [0.3, 0.4) is 0 Å². The maximum Gasteiger partial charge on any atom is 0.263 e. The maximum atomic E-state index is 14.0. The van der Waals surface area contributed by atoms with Crippen LogP contribution >= 0.6 is 0 Å². The lowest BCUT2D eigenvalue weighted by Gasteiger charge is -2.27. The van der Waals surface area contributed by atoms with E-state index in [2.05, 4.69) is 20.7 Å². The molecule has 0 amide bonds. The Morgan fingerprint density at radius 3 is 2.87 bits per heavy atom. The molecule has 2 aromatic carbocycles. The number of nitrogens with zero attached hydrogens (tertiary/aromatic N) is 4. The fourth-order valence-corrected chi connectivity index (χ4v) is 4.03. The maximum absolute atomic E-state index is 14.0. The number of aliphatic imine (C=N–C) groups is 2. The van der Waals surface area contributed by atoms with Crippen LogP contribution in [0.5, 0.6) is 0 Å². The monoisotopic (exact) mass is 416 g/mol. The zero-order chi connectivity index (χ0) is 21.5. The molecule has 0 bridgehead atoms. The number of pyridine rings is 1. The van der Waals surface area contributed by atoms with E-state index in [0.29, 0.717) is 29.3 Å². The van der Waals surface area contributed by atoms with Crippen LogP contribution in [0.1, 0.15) is 24.2 Å². The van der Waals surface area contributed by atoms with Crippen molar-refractivity contribution >= 4 is 23.3 Å². The number of hydrogen-bond acceptors (Lipinski definition) is 6. The first-order valence-corrected chi connectivity index (χ1v) is 10.0. The third-order valence-corrected chi connectivity index (χ3v) is 5.52. The molecule has 2 N–H and O–H groups in total. The summed E-state index contributed by atoms with van der Waals surface area (Å²) >= 11 is 0. The topological polar surface area (TPSA) is 74.0 Å². The fraction of sp³-hybridized carbons (Fsp3) is 0.174. The van der Waals surface area contributed by atoms with Gasteiger partial charge in [-0.25, -0.2) is 9.38 Å². The second-order valence-electron chi connectivity index (χ2n) is 7.60. The molecule has 1 atom stereocenters. The molecule has 2 aliphatic heterocycles. The average Bonchev–Trinajstić information content (AvgIpc) is 3.23. The molecule has 0 fully saturated rings. The van der Waals surface area contributed by atoms with Gasteiger partial charge in [0.25, 0.3) is 5.56 Å². The van der Waals surface area contributed by atoms with Crippen molar-refractivity contribution in [2.45, 2.75) is 19.9 Å². The number of halogens is 1. The highest BCUT2D eigenvalue weighted by Gasteiger charge is 2.23. The van der Waals surface area contributed by atoms with Crippen LogP contribution in [0.2, 0.25) is 0 Å². The van der Waals surface area contributed by atoms with E-state index >= 15 is 0 Å². The van der Waals surface area contributed by atoms with E-state index in [1.807, 2.05) is 43.1 Å². The highest BCUT2D eigenvalue weighted by molar-refractivity contribution is 5.86. The van der Waals surface area contributed by atoms with Crippen molar-refractivity contribution in [3.63, 3.8) is 0 Å². The summed E-state index contributed by atoms with van der Waals surface area (Å²) in [4.78, 5) is 22.3. The van der Waals surface area contributed by atoms with Crippen molar-refractivity contribution in [2.75, 3.05) is 6.67 Å². The summed E-state index contributed by atoms with van der Waals surface area (Å²) in [5.41, 5.74) is 5.74. The lowest BCUT2D eigenvalue weighted by Crippen LogP contribution is -2.39. The second kappa shape index (κ2) is 7.39. The molecule has 0 aliphatic carbocycles. The number of allylic oxidation sites excluding steroid dienone is 1. The Balaban J connectivity index is 1.69. The number of aryl methyl sites for hydroxylation is 1. The number of rotatable bonds is 4. The first kappa shape index (κ1) is 19.0. The Labute approximate surface area is 178 Å². The van der Waals surface area contributed by atoms with Crippen LogP contribution in [0, 0.1) is 12.7 Å². The first-order valence-electron chi connectivity index (χ1n) is 10.0. The van der Waals surface area contributed by atoms with E-state index in [4.69, 9.17) is 0 Å². The molecule has 0 saturated heterocycles. The molecule has 2 aliphatic rings. The largest absolute Gasteiger partial charge is 0.360 e. The quantitative estimate of drug-likeness (QED) is 0.685. The third-order valence-electron chi connectivity index (χ3n) is 5.52. The number of fused-ring (bicyclic) bond motifs is 2. The minimum atomic E-state index is -0.397. The average molecular weight is 416 g/mol. The Morgan fingerprint density at radius 1 is 1.19 bits per heavy atom. The van der Waals surface area contributed by atoms with E-state index in [0.717, 1.165) is 16.6 Å². The molecule has 1 aromatic heterocycles.